The molecule has 3 aromatic rings. The van der Waals surface area contributed by atoms with E-state index in [1.807, 2.05) is 56.5 Å². The average molecular weight is 367 g/mol. The zero-order chi connectivity index (χ0) is 18.5. The molecule has 2 aromatic carbocycles. The molecule has 0 spiro atoms. The van der Waals surface area contributed by atoms with Crippen LogP contribution in [0.3, 0.4) is 0 Å². The molecule has 5 nitrogen and oxygen atoms in total. The lowest BCUT2D eigenvalue weighted by molar-refractivity contribution is 0.355. The van der Waals surface area contributed by atoms with Crippen molar-refractivity contribution in [3.63, 3.8) is 0 Å². The summed E-state index contributed by atoms with van der Waals surface area (Å²) in [5.74, 6) is 1.38. The highest BCUT2D eigenvalue weighted by Crippen LogP contribution is 2.37. The number of hydrogen-bond donors (Lipinski definition) is 1. The van der Waals surface area contributed by atoms with Gasteiger partial charge in [0, 0.05) is 16.8 Å². The predicted octanol–water partition coefficient (Wildman–Crippen LogP) is 4.95. The molecule has 0 aliphatic heterocycles. The normalized spacial score (nSPS) is 11.1. The number of para-hydroxylation sites is 1. The average Bonchev–Trinajstić information content (AvgIpc) is 2.99. The van der Waals surface area contributed by atoms with Crippen LogP contribution in [0.15, 0.2) is 57.2 Å². The first-order chi connectivity index (χ1) is 12.6. The summed E-state index contributed by atoms with van der Waals surface area (Å²) in [6, 6.07) is 13.8. The monoisotopic (exact) mass is 367 g/mol. The van der Waals surface area contributed by atoms with E-state index in [-0.39, 0.29) is 0 Å². The fourth-order valence-corrected chi connectivity index (χ4v) is 3.51. The first-order valence-corrected chi connectivity index (χ1v) is 8.98. The van der Waals surface area contributed by atoms with Gasteiger partial charge in [0.2, 0.25) is 0 Å². The van der Waals surface area contributed by atoms with Gasteiger partial charge in [-0.15, -0.1) is 0 Å². The number of rotatable bonds is 6. The summed E-state index contributed by atoms with van der Waals surface area (Å²) in [7, 11) is 3.25. The highest BCUT2D eigenvalue weighted by molar-refractivity contribution is 7.99. The van der Waals surface area contributed by atoms with Gasteiger partial charge >= 0.3 is 0 Å². The first-order valence-electron chi connectivity index (χ1n) is 8.17. The second-order valence-corrected chi connectivity index (χ2v) is 6.76. The maximum Gasteiger partial charge on any atom is 0.161 e. The van der Waals surface area contributed by atoms with Crippen molar-refractivity contribution in [1.29, 1.82) is 0 Å². The molecule has 0 amide bonds. The summed E-state index contributed by atoms with van der Waals surface area (Å²) in [6.07, 6.45) is 1.83. The number of H-pyrrole nitrogens is 1. The van der Waals surface area contributed by atoms with Crippen molar-refractivity contribution < 1.29 is 9.47 Å². The standard InChI is InChI=1S/C20H21N3O2S/c1-13-20(14(2)23-22-13)26-19-8-6-5-7-16(19)21-12-15-9-10-17(24-3)18(11-15)25-4/h5-12H,1-4H3,(H,22,23). The fraction of sp³-hybridized carbons (Fsp3) is 0.200. The van der Waals surface area contributed by atoms with Crippen LogP contribution in [0.2, 0.25) is 0 Å². The topological polar surface area (TPSA) is 59.5 Å². The number of aliphatic imine (C=N–C) groups is 1. The molecule has 3 rings (SSSR count). The van der Waals surface area contributed by atoms with E-state index in [0.29, 0.717) is 11.5 Å². The van der Waals surface area contributed by atoms with E-state index in [2.05, 4.69) is 21.3 Å². The van der Waals surface area contributed by atoms with E-state index in [1.165, 1.54) is 0 Å². The number of hydrogen-bond acceptors (Lipinski definition) is 5. The van der Waals surface area contributed by atoms with Crippen LogP contribution in [0.5, 0.6) is 11.5 Å². The molecule has 0 saturated heterocycles. The lowest BCUT2D eigenvalue weighted by atomic mass is 10.2. The van der Waals surface area contributed by atoms with Gasteiger partial charge in [0.05, 0.1) is 30.5 Å². The van der Waals surface area contributed by atoms with E-state index >= 15 is 0 Å². The minimum Gasteiger partial charge on any atom is -0.493 e. The number of aromatic nitrogens is 2. The Hall–Kier alpha value is -2.73. The summed E-state index contributed by atoms with van der Waals surface area (Å²) in [6.45, 7) is 4.03. The second-order valence-electron chi connectivity index (χ2n) is 5.71. The maximum absolute atomic E-state index is 5.35. The highest BCUT2D eigenvalue weighted by Gasteiger charge is 2.10. The molecule has 1 N–H and O–H groups in total. The van der Waals surface area contributed by atoms with Crippen molar-refractivity contribution in [3.8, 4) is 11.5 Å². The van der Waals surface area contributed by atoms with Gasteiger partial charge in [-0.3, -0.25) is 10.1 Å². The van der Waals surface area contributed by atoms with Crippen LogP contribution in [0.25, 0.3) is 0 Å². The molecule has 134 valence electrons. The fourth-order valence-electron chi connectivity index (χ4n) is 2.53. The van der Waals surface area contributed by atoms with E-state index in [9.17, 15) is 0 Å². The number of nitrogens with one attached hydrogen (secondary N) is 1. The van der Waals surface area contributed by atoms with Crippen LogP contribution < -0.4 is 9.47 Å². The van der Waals surface area contributed by atoms with E-state index in [1.54, 1.807) is 26.0 Å². The SMILES string of the molecule is COc1ccc(C=Nc2ccccc2Sc2c(C)n[nH]c2C)cc1OC. The number of ether oxygens (including phenoxy) is 2. The Labute approximate surface area is 157 Å². The summed E-state index contributed by atoms with van der Waals surface area (Å²) >= 11 is 1.67. The molecule has 0 aliphatic rings. The summed E-state index contributed by atoms with van der Waals surface area (Å²) in [5.41, 5.74) is 3.91. The summed E-state index contributed by atoms with van der Waals surface area (Å²) in [4.78, 5) is 6.89. The van der Waals surface area contributed by atoms with Gasteiger partial charge in [-0.2, -0.15) is 5.10 Å². The van der Waals surface area contributed by atoms with Crippen molar-refractivity contribution in [3.05, 3.63) is 59.4 Å². The Morgan fingerprint density at radius 3 is 2.50 bits per heavy atom. The Morgan fingerprint density at radius 2 is 1.81 bits per heavy atom. The number of aromatic amines is 1. The number of methoxy groups -OCH3 is 2. The predicted molar refractivity (Wildman–Crippen MR) is 105 cm³/mol. The van der Waals surface area contributed by atoms with Crippen molar-refractivity contribution >= 4 is 23.7 Å². The number of aryl methyl sites for hydroxylation is 2. The highest BCUT2D eigenvalue weighted by atomic mass is 32.2. The van der Waals surface area contributed by atoms with Crippen LogP contribution in [-0.4, -0.2) is 30.6 Å². The molecular weight excluding hydrogens is 346 g/mol. The smallest absolute Gasteiger partial charge is 0.161 e. The molecule has 0 bridgehead atoms. The molecule has 1 aromatic heterocycles. The van der Waals surface area contributed by atoms with Crippen molar-refractivity contribution in [2.24, 2.45) is 4.99 Å². The van der Waals surface area contributed by atoms with E-state index in [0.717, 1.165) is 32.4 Å². The third-order valence-corrected chi connectivity index (χ3v) is 5.27. The number of nitrogens with zero attached hydrogens (tertiary/aromatic N) is 2. The van der Waals surface area contributed by atoms with Gasteiger partial charge in [0.25, 0.3) is 0 Å². The van der Waals surface area contributed by atoms with Crippen LogP contribution in [0.1, 0.15) is 17.0 Å². The Kier molecular flexibility index (Phi) is 5.63. The van der Waals surface area contributed by atoms with Gasteiger partial charge in [0.15, 0.2) is 11.5 Å². The molecule has 0 radical (unpaired) electrons. The van der Waals surface area contributed by atoms with Crippen molar-refractivity contribution in [2.45, 2.75) is 23.6 Å². The Bertz CT molecular complexity index is 915. The molecular formula is C20H21N3O2S. The lowest BCUT2D eigenvalue weighted by Gasteiger charge is -2.08. The molecule has 0 atom stereocenters. The Balaban J connectivity index is 1.88. The van der Waals surface area contributed by atoms with Crippen molar-refractivity contribution in [2.75, 3.05) is 14.2 Å². The molecule has 0 unspecified atom stereocenters. The van der Waals surface area contributed by atoms with Crippen LogP contribution in [0, 0.1) is 13.8 Å². The van der Waals surface area contributed by atoms with Crippen molar-refractivity contribution in [1.82, 2.24) is 10.2 Å². The minimum atomic E-state index is 0.684. The molecule has 0 saturated carbocycles. The Morgan fingerprint density at radius 1 is 1.04 bits per heavy atom. The van der Waals surface area contributed by atoms with Gasteiger partial charge in [-0.1, -0.05) is 23.9 Å². The van der Waals surface area contributed by atoms with E-state index < -0.39 is 0 Å². The third kappa shape index (κ3) is 3.91. The van der Waals surface area contributed by atoms with Gasteiger partial charge < -0.3 is 9.47 Å². The third-order valence-electron chi connectivity index (χ3n) is 3.90. The largest absolute Gasteiger partial charge is 0.493 e. The maximum atomic E-state index is 5.35. The van der Waals surface area contributed by atoms with Crippen LogP contribution >= 0.6 is 11.8 Å². The van der Waals surface area contributed by atoms with Gasteiger partial charge in [0.1, 0.15) is 0 Å². The first kappa shape index (κ1) is 18.1. The second kappa shape index (κ2) is 8.10. The summed E-state index contributed by atoms with van der Waals surface area (Å²) in [5, 5.41) is 7.28. The van der Waals surface area contributed by atoms with E-state index in [4.69, 9.17) is 9.47 Å². The molecule has 26 heavy (non-hydrogen) atoms. The number of benzene rings is 2. The molecule has 0 fully saturated rings. The molecule has 1 heterocycles. The van der Waals surface area contributed by atoms with Gasteiger partial charge in [-0.25, -0.2) is 0 Å². The molecule has 6 heteroatoms. The van der Waals surface area contributed by atoms with Crippen LogP contribution in [0.4, 0.5) is 5.69 Å². The van der Waals surface area contributed by atoms with Crippen LogP contribution in [-0.2, 0) is 0 Å². The zero-order valence-corrected chi connectivity index (χ0v) is 16.1. The zero-order valence-electron chi connectivity index (χ0n) is 15.2. The quantitative estimate of drug-likeness (QED) is 0.627. The molecule has 0 aliphatic carbocycles. The van der Waals surface area contributed by atoms with Gasteiger partial charge in [-0.05, 0) is 49.7 Å². The lowest BCUT2D eigenvalue weighted by Crippen LogP contribution is -1.92. The minimum absolute atomic E-state index is 0.684. The summed E-state index contributed by atoms with van der Waals surface area (Å²) < 4.78 is 10.6.